The fourth-order valence-corrected chi connectivity index (χ4v) is 1.94. The van der Waals surface area contributed by atoms with Crippen LogP contribution in [0.15, 0.2) is 11.6 Å². The predicted molar refractivity (Wildman–Crippen MR) is 69.0 cm³/mol. The molecular formula is C12H18N2O3S. The number of amides is 1. The highest BCUT2D eigenvalue weighted by molar-refractivity contribution is 7.09. The highest BCUT2D eigenvalue weighted by atomic mass is 32.1. The lowest BCUT2D eigenvalue weighted by Gasteiger charge is -2.22. The number of esters is 1. The molecule has 0 aliphatic rings. The van der Waals surface area contributed by atoms with Gasteiger partial charge in [0.15, 0.2) is 0 Å². The molecule has 1 aromatic rings. The SMILES string of the molecule is CCOC(=O)CC(C)(C)C(=O)NCc1nccs1. The van der Waals surface area contributed by atoms with Gasteiger partial charge in [0.1, 0.15) is 5.01 Å². The molecule has 0 unspecified atom stereocenters. The average Bonchev–Trinajstić information content (AvgIpc) is 2.78. The number of carbonyl (C=O) groups excluding carboxylic acids is 2. The first-order chi connectivity index (χ1) is 8.45. The van der Waals surface area contributed by atoms with Crippen LogP contribution in [0.1, 0.15) is 32.2 Å². The van der Waals surface area contributed by atoms with Crippen LogP contribution in [0.4, 0.5) is 0 Å². The molecule has 0 saturated heterocycles. The molecule has 0 saturated carbocycles. The van der Waals surface area contributed by atoms with Gasteiger partial charge < -0.3 is 10.1 Å². The lowest BCUT2D eigenvalue weighted by molar-refractivity contribution is -0.149. The second-order valence-electron chi connectivity index (χ2n) is 4.47. The lowest BCUT2D eigenvalue weighted by Crippen LogP contribution is -2.38. The topological polar surface area (TPSA) is 68.3 Å². The minimum Gasteiger partial charge on any atom is -0.466 e. The van der Waals surface area contributed by atoms with Crippen molar-refractivity contribution >= 4 is 23.2 Å². The molecule has 6 heteroatoms. The Balaban J connectivity index is 2.45. The zero-order valence-corrected chi connectivity index (χ0v) is 11.7. The summed E-state index contributed by atoms with van der Waals surface area (Å²) in [5, 5.41) is 5.47. The Morgan fingerprint density at radius 3 is 2.78 bits per heavy atom. The highest BCUT2D eigenvalue weighted by Crippen LogP contribution is 2.21. The molecule has 1 rings (SSSR count). The van der Waals surface area contributed by atoms with Crippen LogP contribution in [0.3, 0.4) is 0 Å². The number of nitrogens with zero attached hydrogens (tertiary/aromatic N) is 1. The molecule has 5 nitrogen and oxygen atoms in total. The number of aromatic nitrogens is 1. The Hall–Kier alpha value is -1.43. The molecule has 0 radical (unpaired) electrons. The summed E-state index contributed by atoms with van der Waals surface area (Å²) < 4.78 is 4.85. The molecule has 0 aliphatic heterocycles. The van der Waals surface area contributed by atoms with Gasteiger partial charge in [-0.2, -0.15) is 0 Å². The van der Waals surface area contributed by atoms with Gasteiger partial charge >= 0.3 is 5.97 Å². The van der Waals surface area contributed by atoms with Crippen LogP contribution in [-0.2, 0) is 20.9 Å². The quantitative estimate of drug-likeness (QED) is 0.799. The minimum absolute atomic E-state index is 0.0740. The minimum atomic E-state index is -0.774. The largest absolute Gasteiger partial charge is 0.466 e. The third-order valence-electron chi connectivity index (χ3n) is 2.39. The summed E-state index contributed by atoms with van der Waals surface area (Å²) in [6.07, 6.45) is 1.76. The van der Waals surface area contributed by atoms with E-state index in [1.165, 1.54) is 11.3 Å². The summed E-state index contributed by atoms with van der Waals surface area (Å²) in [4.78, 5) is 27.4. The monoisotopic (exact) mass is 270 g/mol. The van der Waals surface area contributed by atoms with E-state index in [4.69, 9.17) is 4.74 Å². The molecule has 1 N–H and O–H groups in total. The summed E-state index contributed by atoms with van der Waals surface area (Å²) in [6, 6.07) is 0. The Morgan fingerprint density at radius 2 is 2.22 bits per heavy atom. The van der Waals surface area contributed by atoms with E-state index in [9.17, 15) is 9.59 Å². The molecule has 0 fully saturated rings. The van der Waals surface area contributed by atoms with Gasteiger partial charge in [-0.15, -0.1) is 11.3 Å². The van der Waals surface area contributed by atoms with Crippen LogP contribution in [-0.4, -0.2) is 23.5 Å². The number of ether oxygens (including phenoxy) is 1. The Kier molecular flexibility index (Phi) is 5.27. The number of hydrogen-bond acceptors (Lipinski definition) is 5. The van der Waals surface area contributed by atoms with Crippen molar-refractivity contribution in [2.24, 2.45) is 5.41 Å². The van der Waals surface area contributed by atoms with Gasteiger partial charge in [-0.1, -0.05) is 13.8 Å². The Bertz CT molecular complexity index is 401. The van der Waals surface area contributed by atoms with E-state index in [-0.39, 0.29) is 18.3 Å². The van der Waals surface area contributed by atoms with Crippen LogP contribution < -0.4 is 5.32 Å². The highest BCUT2D eigenvalue weighted by Gasteiger charge is 2.31. The van der Waals surface area contributed by atoms with Crippen LogP contribution in [0.2, 0.25) is 0 Å². The van der Waals surface area contributed by atoms with Crippen molar-refractivity contribution in [2.75, 3.05) is 6.61 Å². The standard InChI is InChI=1S/C12H18N2O3S/c1-4-17-10(15)7-12(2,3)11(16)14-8-9-13-5-6-18-9/h5-6H,4,7-8H2,1-3H3,(H,14,16). The van der Waals surface area contributed by atoms with Gasteiger partial charge in [-0.25, -0.2) is 4.98 Å². The number of rotatable bonds is 6. The summed E-state index contributed by atoms with van der Waals surface area (Å²) in [7, 11) is 0. The number of nitrogens with one attached hydrogen (secondary N) is 1. The summed E-state index contributed by atoms with van der Waals surface area (Å²) in [6.45, 7) is 5.91. The number of hydrogen-bond donors (Lipinski definition) is 1. The van der Waals surface area contributed by atoms with E-state index in [2.05, 4.69) is 10.3 Å². The first-order valence-corrected chi connectivity index (χ1v) is 6.66. The van der Waals surface area contributed by atoms with E-state index >= 15 is 0 Å². The normalized spacial score (nSPS) is 11.1. The predicted octanol–water partition coefficient (Wildman–Crippen LogP) is 1.74. The second-order valence-corrected chi connectivity index (χ2v) is 5.45. The van der Waals surface area contributed by atoms with Crippen LogP contribution in [0.5, 0.6) is 0 Å². The van der Waals surface area contributed by atoms with E-state index in [0.29, 0.717) is 13.2 Å². The van der Waals surface area contributed by atoms with E-state index < -0.39 is 5.41 Å². The van der Waals surface area contributed by atoms with Gasteiger partial charge in [-0.05, 0) is 6.92 Å². The van der Waals surface area contributed by atoms with Crippen molar-refractivity contribution in [1.82, 2.24) is 10.3 Å². The first kappa shape index (κ1) is 14.6. The maximum absolute atomic E-state index is 12.0. The van der Waals surface area contributed by atoms with Crippen molar-refractivity contribution in [3.8, 4) is 0 Å². The molecule has 1 aromatic heterocycles. The van der Waals surface area contributed by atoms with E-state index in [0.717, 1.165) is 5.01 Å². The van der Waals surface area contributed by atoms with E-state index in [1.54, 1.807) is 27.0 Å². The molecular weight excluding hydrogens is 252 g/mol. The van der Waals surface area contributed by atoms with E-state index in [1.807, 2.05) is 5.38 Å². The molecule has 0 aliphatic carbocycles. The van der Waals surface area contributed by atoms with Gasteiger partial charge in [0.2, 0.25) is 5.91 Å². The lowest BCUT2D eigenvalue weighted by atomic mass is 9.88. The van der Waals surface area contributed by atoms with Crippen molar-refractivity contribution in [2.45, 2.75) is 33.7 Å². The first-order valence-electron chi connectivity index (χ1n) is 5.78. The van der Waals surface area contributed by atoms with Crippen molar-refractivity contribution in [3.63, 3.8) is 0 Å². The molecule has 0 atom stereocenters. The third-order valence-corrected chi connectivity index (χ3v) is 3.17. The van der Waals surface area contributed by atoms with Crippen LogP contribution in [0, 0.1) is 5.41 Å². The molecule has 1 heterocycles. The molecule has 1 amide bonds. The fourth-order valence-electron chi connectivity index (χ4n) is 1.39. The smallest absolute Gasteiger partial charge is 0.306 e. The molecule has 0 spiro atoms. The van der Waals surface area contributed by atoms with Crippen molar-refractivity contribution in [3.05, 3.63) is 16.6 Å². The molecule has 18 heavy (non-hydrogen) atoms. The average molecular weight is 270 g/mol. The third kappa shape index (κ3) is 4.44. The Labute approximate surface area is 111 Å². The molecule has 0 bridgehead atoms. The summed E-state index contributed by atoms with van der Waals surface area (Å²) in [5.74, 6) is -0.530. The van der Waals surface area contributed by atoms with Crippen molar-refractivity contribution in [1.29, 1.82) is 0 Å². The van der Waals surface area contributed by atoms with Crippen LogP contribution >= 0.6 is 11.3 Å². The maximum atomic E-state index is 12.0. The number of carbonyl (C=O) groups is 2. The van der Waals surface area contributed by atoms with Crippen LogP contribution in [0.25, 0.3) is 0 Å². The zero-order chi connectivity index (χ0) is 13.6. The Morgan fingerprint density at radius 1 is 1.50 bits per heavy atom. The van der Waals surface area contributed by atoms with Crippen molar-refractivity contribution < 1.29 is 14.3 Å². The number of thiazole rings is 1. The van der Waals surface area contributed by atoms with Gasteiger partial charge in [0, 0.05) is 11.6 Å². The van der Waals surface area contributed by atoms with Gasteiger partial charge in [0.25, 0.3) is 0 Å². The zero-order valence-electron chi connectivity index (χ0n) is 10.9. The summed E-state index contributed by atoms with van der Waals surface area (Å²) >= 11 is 1.48. The van der Waals surface area contributed by atoms with Gasteiger partial charge in [0.05, 0.1) is 25.0 Å². The molecule has 0 aromatic carbocycles. The summed E-state index contributed by atoms with van der Waals surface area (Å²) in [5.41, 5.74) is -0.774. The van der Waals surface area contributed by atoms with Gasteiger partial charge in [-0.3, -0.25) is 9.59 Å². The second kappa shape index (κ2) is 6.49. The maximum Gasteiger partial charge on any atom is 0.306 e. The fraction of sp³-hybridized carbons (Fsp3) is 0.583. The molecule has 100 valence electrons.